The number of unbranched alkanes of at least 4 members (excludes halogenated alkanes) is 15. The van der Waals surface area contributed by atoms with E-state index in [1.54, 1.807) is 12.1 Å². The molecule has 4 amide bonds. The Morgan fingerprint density at radius 2 is 1.06 bits per heavy atom. The third-order valence-electron chi connectivity index (χ3n) is 9.46. The number of nitrogens with two attached hydrogens (primary N) is 1. The summed E-state index contributed by atoms with van der Waals surface area (Å²) < 4.78 is 0. The van der Waals surface area contributed by atoms with Crippen LogP contribution in [0.4, 0.5) is 5.69 Å². The first-order valence-electron chi connectivity index (χ1n) is 20.5. The van der Waals surface area contributed by atoms with E-state index in [1.165, 1.54) is 44.9 Å². The second-order valence-corrected chi connectivity index (χ2v) is 14.3. The van der Waals surface area contributed by atoms with Gasteiger partial charge in [-0.3, -0.25) is 24.0 Å². The number of nitrogens with one attached hydrogen (secondary N) is 4. The molecule has 0 saturated heterocycles. The Balaban J connectivity index is 2.15. The summed E-state index contributed by atoms with van der Waals surface area (Å²) in [6, 6.07) is 5.31. The molecule has 306 valence electrons. The molecule has 2 atom stereocenters. The number of primary amides is 1. The zero-order chi connectivity index (χ0) is 39.8. The molecule has 13 nitrogen and oxygen atoms in total. The molecule has 0 aliphatic carbocycles. The predicted octanol–water partition coefficient (Wildman–Crippen LogP) is 6.83. The molecule has 1 rings (SSSR count). The van der Waals surface area contributed by atoms with Crippen molar-refractivity contribution in [2.75, 3.05) is 18.4 Å². The number of carboxylic acid groups (broad SMARTS) is 2. The van der Waals surface area contributed by atoms with Crippen LogP contribution in [0.15, 0.2) is 24.3 Å². The maximum Gasteiger partial charge on any atom is 0.326 e. The van der Waals surface area contributed by atoms with Gasteiger partial charge < -0.3 is 37.2 Å². The van der Waals surface area contributed by atoms with Crippen molar-refractivity contribution in [1.82, 2.24) is 16.0 Å². The molecule has 8 N–H and O–H groups in total. The van der Waals surface area contributed by atoms with E-state index < -0.39 is 35.8 Å². The summed E-state index contributed by atoms with van der Waals surface area (Å²) in [5.41, 5.74) is 7.02. The molecule has 0 radical (unpaired) electrons. The summed E-state index contributed by atoms with van der Waals surface area (Å²) in [4.78, 5) is 71.6. The van der Waals surface area contributed by atoms with Crippen LogP contribution in [0.3, 0.4) is 0 Å². The normalized spacial score (nSPS) is 12.0. The number of carbonyl (C=O) groups excluding carboxylic acids is 4. The van der Waals surface area contributed by atoms with E-state index in [-0.39, 0.29) is 43.9 Å². The van der Waals surface area contributed by atoms with Crippen molar-refractivity contribution in [2.45, 2.75) is 173 Å². The molecule has 0 aliphatic rings. The van der Waals surface area contributed by atoms with Crippen LogP contribution in [0.5, 0.6) is 0 Å². The summed E-state index contributed by atoms with van der Waals surface area (Å²) in [5, 5.41) is 29.6. The first-order valence-corrected chi connectivity index (χ1v) is 20.5. The van der Waals surface area contributed by atoms with E-state index in [0.717, 1.165) is 63.6 Å². The topological polar surface area (TPSA) is 217 Å². The summed E-state index contributed by atoms with van der Waals surface area (Å²) in [6.07, 6.45) is 19.5. The van der Waals surface area contributed by atoms with Gasteiger partial charge in [-0.2, -0.15) is 0 Å². The van der Waals surface area contributed by atoms with Gasteiger partial charge in [0, 0.05) is 43.6 Å². The molecule has 0 aromatic heterocycles. The van der Waals surface area contributed by atoms with E-state index in [2.05, 4.69) is 28.2 Å². The minimum Gasteiger partial charge on any atom is -0.481 e. The number of carbonyl (C=O) groups is 6. The van der Waals surface area contributed by atoms with Gasteiger partial charge in [0.2, 0.25) is 17.7 Å². The number of hydrogen-bond donors (Lipinski definition) is 7. The second-order valence-electron chi connectivity index (χ2n) is 14.3. The standard InChI is InChI=1S/C41H69N5O8/c1-2-3-30-43-33-28-26-32(27-29-33)40(52)44-31-19-18-21-34(39(42)51)45-37(48)24-20-22-35(41(53)54)46-36(47)23-16-14-12-10-8-6-4-5-7-9-11-13-15-17-25-38(49)50/h26-29,34-35,43H,2-25,30-31H2,1H3,(H2,42,51)(H,44,52)(H,45,48)(H,46,47)(H,49,50)(H,53,54)/t34-,35-/m0/s1. The quantitative estimate of drug-likeness (QED) is 0.0360. The van der Waals surface area contributed by atoms with Gasteiger partial charge in [-0.25, -0.2) is 4.79 Å². The van der Waals surface area contributed by atoms with Crippen molar-refractivity contribution in [2.24, 2.45) is 5.73 Å². The van der Waals surface area contributed by atoms with Crippen molar-refractivity contribution in [3.8, 4) is 0 Å². The Kier molecular flexibility index (Phi) is 27.7. The fourth-order valence-corrected chi connectivity index (χ4v) is 6.15. The van der Waals surface area contributed by atoms with Crippen LogP contribution >= 0.6 is 0 Å². The van der Waals surface area contributed by atoms with Gasteiger partial charge in [0.15, 0.2) is 0 Å². The molecule has 54 heavy (non-hydrogen) atoms. The number of anilines is 1. The zero-order valence-corrected chi connectivity index (χ0v) is 32.8. The summed E-state index contributed by atoms with van der Waals surface area (Å²) in [6.45, 7) is 3.41. The average molecular weight is 760 g/mol. The van der Waals surface area contributed by atoms with Crippen LogP contribution in [-0.4, -0.2) is 71.0 Å². The van der Waals surface area contributed by atoms with Crippen molar-refractivity contribution >= 4 is 41.3 Å². The predicted molar refractivity (Wildman–Crippen MR) is 212 cm³/mol. The maximum absolute atomic E-state index is 12.5. The van der Waals surface area contributed by atoms with Gasteiger partial charge in [0.1, 0.15) is 12.1 Å². The van der Waals surface area contributed by atoms with Crippen molar-refractivity contribution in [3.05, 3.63) is 29.8 Å². The van der Waals surface area contributed by atoms with Gasteiger partial charge in [-0.15, -0.1) is 0 Å². The lowest BCUT2D eigenvalue weighted by Crippen LogP contribution is -2.44. The molecule has 0 saturated carbocycles. The van der Waals surface area contributed by atoms with Crippen LogP contribution < -0.4 is 27.0 Å². The Bertz CT molecular complexity index is 1230. The second kappa shape index (κ2) is 31.2. The highest BCUT2D eigenvalue weighted by Crippen LogP contribution is 2.14. The first kappa shape index (κ1) is 47.9. The van der Waals surface area contributed by atoms with E-state index in [0.29, 0.717) is 37.8 Å². The summed E-state index contributed by atoms with van der Waals surface area (Å²) in [7, 11) is 0. The van der Waals surface area contributed by atoms with Crippen LogP contribution in [0.1, 0.15) is 171 Å². The highest BCUT2D eigenvalue weighted by Gasteiger charge is 2.21. The van der Waals surface area contributed by atoms with Crippen LogP contribution in [-0.2, 0) is 24.0 Å². The third-order valence-corrected chi connectivity index (χ3v) is 9.46. The lowest BCUT2D eigenvalue weighted by Gasteiger charge is -2.17. The minimum absolute atomic E-state index is 0.0113. The molecular formula is C41H69N5O8. The largest absolute Gasteiger partial charge is 0.481 e. The molecule has 1 aromatic carbocycles. The average Bonchev–Trinajstić information content (AvgIpc) is 3.13. The van der Waals surface area contributed by atoms with E-state index in [4.69, 9.17) is 10.8 Å². The van der Waals surface area contributed by atoms with Gasteiger partial charge in [0.05, 0.1) is 0 Å². The molecule has 0 fully saturated rings. The number of carboxylic acids is 2. The maximum atomic E-state index is 12.5. The summed E-state index contributed by atoms with van der Waals surface area (Å²) >= 11 is 0. The molecular weight excluding hydrogens is 690 g/mol. The number of amides is 4. The van der Waals surface area contributed by atoms with Crippen LogP contribution in [0.2, 0.25) is 0 Å². The Morgan fingerprint density at radius 3 is 1.56 bits per heavy atom. The van der Waals surface area contributed by atoms with E-state index >= 15 is 0 Å². The third kappa shape index (κ3) is 25.8. The molecule has 0 spiro atoms. The molecule has 1 aromatic rings. The van der Waals surface area contributed by atoms with Crippen molar-refractivity contribution < 1.29 is 39.0 Å². The first-order chi connectivity index (χ1) is 26.0. The molecule has 0 aliphatic heterocycles. The SMILES string of the molecule is CCCCNc1ccc(C(=O)NCCCC[C@H](NC(=O)CCC[C@H](NC(=O)CCCCCCCCCCCCCCCCC(=O)O)C(=O)O)C(N)=O)cc1. The smallest absolute Gasteiger partial charge is 0.326 e. The highest BCUT2D eigenvalue weighted by molar-refractivity contribution is 5.94. The highest BCUT2D eigenvalue weighted by atomic mass is 16.4. The van der Waals surface area contributed by atoms with Crippen molar-refractivity contribution in [1.29, 1.82) is 0 Å². The van der Waals surface area contributed by atoms with Gasteiger partial charge in [-0.1, -0.05) is 90.4 Å². The fraction of sp³-hybridized carbons (Fsp3) is 0.707. The number of hydrogen-bond acceptors (Lipinski definition) is 7. The molecule has 0 heterocycles. The Labute approximate surface area is 322 Å². The number of rotatable bonds is 35. The monoisotopic (exact) mass is 760 g/mol. The minimum atomic E-state index is -1.15. The molecule has 0 unspecified atom stereocenters. The van der Waals surface area contributed by atoms with E-state index in [1.807, 2.05) is 12.1 Å². The van der Waals surface area contributed by atoms with E-state index in [9.17, 15) is 33.9 Å². The van der Waals surface area contributed by atoms with Crippen LogP contribution in [0.25, 0.3) is 0 Å². The number of benzene rings is 1. The van der Waals surface area contributed by atoms with Gasteiger partial charge in [0.25, 0.3) is 5.91 Å². The lowest BCUT2D eigenvalue weighted by molar-refractivity contribution is -0.142. The summed E-state index contributed by atoms with van der Waals surface area (Å²) in [5.74, 6) is -3.45. The molecule has 0 bridgehead atoms. The van der Waals surface area contributed by atoms with Gasteiger partial charge >= 0.3 is 11.9 Å². The van der Waals surface area contributed by atoms with Gasteiger partial charge in [-0.05, 0) is 75.6 Å². The van der Waals surface area contributed by atoms with Crippen molar-refractivity contribution in [3.63, 3.8) is 0 Å². The Hall–Kier alpha value is -4.16. The Morgan fingerprint density at radius 1 is 0.574 bits per heavy atom. The lowest BCUT2D eigenvalue weighted by atomic mass is 10.0. The number of aliphatic carboxylic acids is 2. The molecule has 13 heteroatoms. The fourth-order valence-electron chi connectivity index (χ4n) is 6.15. The van der Waals surface area contributed by atoms with Crippen LogP contribution in [0, 0.1) is 0 Å². The zero-order valence-electron chi connectivity index (χ0n) is 32.8.